The summed E-state index contributed by atoms with van der Waals surface area (Å²) in [4.78, 5) is 26.1. The van der Waals surface area contributed by atoms with Crippen LogP contribution in [0.3, 0.4) is 0 Å². The average Bonchev–Trinajstić information content (AvgIpc) is 3.12. The van der Waals surface area contributed by atoms with Gasteiger partial charge in [-0.2, -0.15) is 0 Å². The van der Waals surface area contributed by atoms with Crippen molar-refractivity contribution in [1.82, 2.24) is 8.87 Å². The summed E-state index contributed by atoms with van der Waals surface area (Å²) in [5.74, 6) is 0. The third kappa shape index (κ3) is 3.50. The second-order valence-corrected chi connectivity index (χ2v) is 9.17. The second kappa shape index (κ2) is 7.66. The van der Waals surface area contributed by atoms with Gasteiger partial charge in [0.15, 0.2) is 6.29 Å². The van der Waals surface area contributed by atoms with Crippen LogP contribution in [0.5, 0.6) is 0 Å². The Balaban J connectivity index is 1.74. The molecule has 0 bridgehead atoms. The molecule has 2 heterocycles. The van der Waals surface area contributed by atoms with Crippen LogP contribution in [0.25, 0.3) is 10.9 Å². The number of piperazine rings is 1. The van der Waals surface area contributed by atoms with Gasteiger partial charge in [-0.05, 0) is 36.4 Å². The van der Waals surface area contributed by atoms with Gasteiger partial charge in [0.1, 0.15) is 0 Å². The summed E-state index contributed by atoms with van der Waals surface area (Å²) >= 11 is 5.95. The Bertz CT molecular complexity index is 1250. The third-order valence-corrected chi connectivity index (χ3v) is 7.08. The van der Waals surface area contributed by atoms with Gasteiger partial charge in [0.25, 0.3) is 10.0 Å². The molecule has 1 fully saturated rings. The number of fused-ring (bicyclic) bond motifs is 1. The van der Waals surface area contributed by atoms with Crippen molar-refractivity contribution >= 4 is 50.6 Å². The lowest BCUT2D eigenvalue weighted by molar-refractivity contribution is 0.112. The zero-order chi connectivity index (χ0) is 21.5. The number of benzene rings is 2. The number of hydrogen-bond acceptors (Lipinski definition) is 5. The average molecular weight is 448 g/mol. The number of aldehydes is 1. The van der Waals surface area contributed by atoms with Crippen LogP contribution in [0.1, 0.15) is 10.4 Å². The molecule has 0 aliphatic carbocycles. The fraction of sp³-hybridized carbons (Fsp3) is 0.200. The van der Waals surface area contributed by atoms with E-state index in [0.29, 0.717) is 48.4 Å². The quantitative estimate of drug-likeness (QED) is 0.617. The number of aromatic nitrogens is 1. The van der Waals surface area contributed by atoms with Gasteiger partial charge in [-0.25, -0.2) is 17.2 Å². The Morgan fingerprint density at radius 2 is 1.80 bits per heavy atom. The number of carbonyl (C=O) groups excluding carboxylic acids is 1. The SMILES string of the molecule is O=Cc1cn(S(=O)(=O)c2cccc(Cl)c2)c2ccc(N3CCN(C(=O)O)CC3)cc12. The summed E-state index contributed by atoms with van der Waals surface area (Å²) in [6.07, 6.45) is 0.982. The van der Waals surface area contributed by atoms with Crippen molar-refractivity contribution in [3.8, 4) is 0 Å². The molecular weight excluding hydrogens is 430 g/mol. The smallest absolute Gasteiger partial charge is 0.407 e. The lowest BCUT2D eigenvalue weighted by Gasteiger charge is -2.34. The minimum atomic E-state index is -3.94. The Morgan fingerprint density at radius 3 is 2.43 bits per heavy atom. The van der Waals surface area contributed by atoms with Crippen molar-refractivity contribution in [2.45, 2.75) is 4.90 Å². The summed E-state index contributed by atoms with van der Waals surface area (Å²) in [5.41, 5.74) is 1.43. The van der Waals surface area contributed by atoms with E-state index in [2.05, 4.69) is 0 Å². The predicted octanol–water partition coefficient (Wildman–Crippen LogP) is 3.14. The van der Waals surface area contributed by atoms with Crippen LogP contribution in [0.4, 0.5) is 10.5 Å². The summed E-state index contributed by atoms with van der Waals surface area (Å²) in [7, 11) is -3.94. The topological polar surface area (TPSA) is 99.9 Å². The van der Waals surface area contributed by atoms with Gasteiger partial charge in [-0.15, -0.1) is 0 Å². The molecule has 1 aliphatic heterocycles. The van der Waals surface area contributed by atoms with E-state index in [4.69, 9.17) is 16.7 Å². The number of rotatable bonds is 4. The predicted molar refractivity (Wildman–Crippen MR) is 113 cm³/mol. The Labute approximate surface area is 177 Å². The van der Waals surface area contributed by atoms with Gasteiger partial charge >= 0.3 is 6.09 Å². The molecule has 0 atom stereocenters. The molecule has 1 aliphatic rings. The van der Waals surface area contributed by atoms with Crippen molar-refractivity contribution in [1.29, 1.82) is 0 Å². The molecule has 0 spiro atoms. The highest BCUT2D eigenvalue weighted by atomic mass is 35.5. The molecule has 2 aromatic carbocycles. The molecule has 0 unspecified atom stereocenters. The van der Waals surface area contributed by atoms with Crippen molar-refractivity contribution in [2.75, 3.05) is 31.1 Å². The highest BCUT2D eigenvalue weighted by Gasteiger charge is 2.24. The second-order valence-electron chi connectivity index (χ2n) is 6.92. The van der Waals surface area contributed by atoms with Crippen LogP contribution >= 0.6 is 11.6 Å². The number of anilines is 1. The van der Waals surface area contributed by atoms with Gasteiger partial charge in [0.05, 0.1) is 10.4 Å². The van der Waals surface area contributed by atoms with E-state index in [1.165, 1.54) is 23.2 Å². The molecule has 0 saturated carbocycles. The van der Waals surface area contributed by atoms with Gasteiger partial charge < -0.3 is 14.9 Å². The van der Waals surface area contributed by atoms with Gasteiger partial charge in [-0.3, -0.25) is 4.79 Å². The van der Waals surface area contributed by atoms with Crippen LogP contribution in [0, 0.1) is 0 Å². The molecule has 0 radical (unpaired) electrons. The molecule has 8 nitrogen and oxygen atoms in total. The van der Waals surface area contributed by atoms with Crippen LogP contribution in [0.15, 0.2) is 53.6 Å². The first-order chi connectivity index (χ1) is 14.3. The standard InChI is InChI=1S/C20H18ClN3O5S/c21-15-2-1-3-17(10-15)30(28,29)24-12-14(13-25)18-11-16(4-5-19(18)24)22-6-8-23(9-7-22)20(26)27/h1-5,10-13H,6-9H2,(H,26,27). The molecule has 3 aromatic rings. The lowest BCUT2D eigenvalue weighted by atomic mass is 10.1. The fourth-order valence-corrected chi connectivity index (χ4v) is 5.28. The van der Waals surface area contributed by atoms with E-state index in [9.17, 15) is 18.0 Å². The van der Waals surface area contributed by atoms with Crippen molar-refractivity contribution in [3.63, 3.8) is 0 Å². The molecule has 10 heteroatoms. The lowest BCUT2D eigenvalue weighted by Crippen LogP contribution is -2.48. The monoisotopic (exact) mass is 447 g/mol. The summed E-state index contributed by atoms with van der Waals surface area (Å²) in [6, 6.07) is 11.1. The van der Waals surface area contributed by atoms with E-state index in [1.54, 1.807) is 30.3 Å². The van der Waals surface area contributed by atoms with E-state index in [1.807, 2.05) is 4.90 Å². The number of amides is 1. The van der Waals surface area contributed by atoms with E-state index >= 15 is 0 Å². The molecule has 1 N–H and O–H groups in total. The largest absolute Gasteiger partial charge is 0.465 e. The number of carboxylic acid groups (broad SMARTS) is 1. The maximum atomic E-state index is 13.1. The summed E-state index contributed by atoms with van der Waals surface area (Å²) < 4.78 is 27.4. The van der Waals surface area contributed by atoms with E-state index in [0.717, 1.165) is 9.66 Å². The number of hydrogen-bond donors (Lipinski definition) is 1. The minimum Gasteiger partial charge on any atom is -0.465 e. The number of nitrogens with zero attached hydrogens (tertiary/aromatic N) is 3. The van der Waals surface area contributed by atoms with E-state index in [-0.39, 0.29) is 10.5 Å². The Kier molecular flexibility index (Phi) is 5.17. The minimum absolute atomic E-state index is 0.0261. The molecule has 1 saturated heterocycles. The fourth-order valence-electron chi connectivity index (χ4n) is 3.60. The highest BCUT2D eigenvalue weighted by Crippen LogP contribution is 2.30. The molecule has 1 aromatic heterocycles. The zero-order valence-electron chi connectivity index (χ0n) is 15.7. The number of halogens is 1. The third-order valence-electron chi connectivity index (χ3n) is 5.18. The van der Waals surface area contributed by atoms with E-state index < -0.39 is 16.1 Å². The summed E-state index contributed by atoms with van der Waals surface area (Å²) in [6.45, 7) is 1.77. The normalized spacial score (nSPS) is 14.8. The zero-order valence-corrected chi connectivity index (χ0v) is 17.3. The highest BCUT2D eigenvalue weighted by molar-refractivity contribution is 7.90. The molecule has 30 heavy (non-hydrogen) atoms. The summed E-state index contributed by atoms with van der Waals surface area (Å²) in [5, 5.41) is 9.90. The van der Waals surface area contributed by atoms with Gasteiger partial charge in [0, 0.05) is 54.0 Å². The van der Waals surface area contributed by atoms with Crippen LogP contribution in [-0.2, 0) is 10.0 Å². The molecule has 4 rings (SSSR count). The first-order valence-electron chi connectivity index (χ1n) is 9.15. The number of carbonyl (C=O) groups is 2. The maximum absolute atomic E-state index is 13.1. The van der Waals surface area contributed by atoms with Gasteiger partial charge in [0.2, 0.25) is 0 Å². The van der Waals surface area contributed by atoms with Crippen LogP contribution < -0.4 is 4.90 Å². The van der Waals surface area contributed by atoms with Crippen molar-refractivity contribution < 1.29 is 23.1 Å². The molecular formula is C20H18ClN3O5S. The Hall–Kier alpha value is -3.04. The van der Waals surface area contributed by atoms with Gasteiger partial charge in [-0.1, -0.05) is 17.7 Å². The van der Waals surface area contributed by atoms with Crippen LogP contribution in [-0.4, -0.2) is 61.0 Å². The molecule has 1 amide bonds. The Morgan fingerprint density at radius 1 is 1.07 bits per heavy atom. The van der Waals surface area contributed by atoms with Crippen molar-refractivity contribution in [2.24, 2.45) is 0 Å². The first-order valence-corrected chi connectivity index (χ1v) is 11.0. The maximum Gasteiger partial charge on any atom is 0.407 e. The first kappa shape index (κ1) is 20.2. The van der Waals surface area contributed by atoms with Crippen LogP contribution in [0.2, 0.25) is 5.02 Å². The molecule has 156 valence electrons. The van der Waals surface area contributed by atoms with Crippen molar-refractivity contribution in [3.05, 3.63) is 59.2 Å².